The van der Waals surface area contributed by atoms with Crippen LogP contribution in [0.2, 0.25) is 0 Å². The summed E-state index contributed by atoms with van der Waals surface area (Å²) in [6, 6.07) is 2.25. The van der Waals surface area contributed by atoms with Crippen molar-refractivity contribution in [1.82, 2.24) is 9.97 Å². The van der Waals surface area contributed by atoms with Gasteiger partial charge in [0, 0.05) is 18.7 Å². The first-order valence-electron chi connectivity index (χ1n) is 4.74. The van der Waals surface area contributed by atoms with E-state index in [1.165, 1.54) is 6.33 Å². The molecule has 78 valence electrons. The Morgan fingerprint density at radius 3 is 2.71 bits per heavy atom. The third kappa shape index (κ3) is 2.32. The molecule has 14 heavy (non-hydrogen) atoms. The number of rotatable bonds is 4. The molecule has 0 fully saturated rings. The smallest absolute Gasteiger partial charge is 0.145 e. The molecule has 1 aromatic rings. The highest BCUT2D eigenvalue weighted by molar-refractivity contribution is 5.48. The maximum Gasteiger partial charge on any atom is 0.145 e. The molecule has 5 nitrogen and oxygen atoms in total. The van der Waals surface area contributed by atoms with Crippen LogP contribution in [0, 0.1) is 0 Å². The van der Waals surface area contributed by atoms with Crippen molar-refractivity contribution in [1.29, 1.82) is 0 Å². The molecule has 1 rings (SSSR count). The number of nitrogens with two attached hydrogens (primary N) is 1. The molecule has 0 bridgehead atoms. The predicted molar refractivity (Wildman–Crippen MR) is 58.0 cm³/mol. The summed E-state index contributed by atoms with van der Waals surface area (Å²) in [5.41, 5.74) is 2.51. The summed E-state index contributed by atoms with van der Waals surface area (Å²) in [6.07, 6.45) is 1.51. The van der Waals surface area contributed by atoms with Crippen molar-refractivity contribution in [3.8, 4) is 0 Å². The number of hydrogen-bond donors (Lipinski definition) is 2. The number of nitrogen functional groups attached to an aromatic ring is 1. The quantitative estimate of drug-likeness (QED) is 0.554. The monoisotopic (exact) mass is 195 g/mol. The van der Waals surface area contributed by atoms with Crippen LogP contribution in [0.4, 0.5) is 11.6 Å². The second kappa shape index (κ2) is 4.76. The van der Waals surface area contributed by atoms with E-state index in [1.54, 1.807) is 0 Å². The van der Waals surface area contributed by atoms with Crippen LogP contribution in [-0.4, -0.2) is 22.6 Å². The summed E-state index contributed by atoms with van der Waals surface area (Å²) < 4.78 is 0. The maximum atomic E-state index is 5.28. The zero-order valence-corrected chi connectivity index (χ0v) is 8.86. The minimum Gasteiger partial charge on any atom is -0.354 e. The normalized spacial score (nSPS) is 10.4. The Morgan fingerprint density at radius 1 is 1.50 bits per heavy atom. The van der Waals surface area contributed by atoms with E-state index >= 15 is 0 Å². The van der Waals surface area contributed by atoms with Gasteiger partial charge in [-0.2, -0.15) is 0 Å². The second-order valence-electron chi connectivity index (χ2n) is 3.29. The number of nitrogens with zero attached hydrogens (tertiary/aromatic N) is 3. The Hall–Kier alpha value is -1.36. The highest BCUT2D eigenvalue weighted by Crippen LogP contribution is 2.15. The lowest BCUT2D eigenvalue weighted by atomic mass is 10.3. The summed E-state index contributed by atoms with van der Waals surface area (Å²) in [4.78, 5) is 10.3. The topological polar surface area (TPSA) is 67.1 Å². The first-order valence-corrected chi connectivity index (χ1v) is 4.74. The molecule has 0 radical (unpaired) electrons. The zero-order valence-electron chi connectivity index (χ0n) is 8.86. The molecule has 3 N–H and O–H groups in total. The third-order valence-electron chi connectivity index (χ3n) is 2.06. The maximum absolute atomic E-state index is 5.28. The Kier molecular flexibility index (Phi) is 3.64. The second-order valence-corrected chi connectivity index (χ2v) is 3.29. The van der Waals surface area contributed by atoms with Gasteiger partial charge in [-0.25, -0.2) is 15.8 Å². The van der Waals surface area contributed by atoms with Gasteiger partial charge in [0.25, 0.3) is 0 Å². The van der Waals surface area contributed by atoms with Crippen LogP contribution < -0.4 is 16.2 Å². The summed E-state index contributed by atoms with van der Waals surface area (Å²) in [5.74, 6) is 6.80. The Balaban J connectivity index is 2.92. The summed E-state index contributed by atoms with van der Waals surface area (Å²) in [7, 11) is 0. The molecule has 0 saturated carbocycles. The Bertz CT molecular complexity index is 286. The lowest BCUT2D eigenvalue weighted by Gasteiger charge is -2.26. The molecule has 0 amide bonds. The Morgan fingerprint density at radius 2 is 2.21 bits per heavy atom. The zero-order chi connectivity index (χ0) is 10.6. The van der Waals surface area contributed by atoms with E-state index in [0.717, 1.165) is 12.4 Å². The molecular formula is C9H17N5. The van der Waals surface area contributed by atoms with Crippen molar-refractivity contribution in [2.45, 2.75) is 26.8 Å². The average Bonchev–Trinajstić information content (AvgIpc) is 2.19. The summed E-state index contributed by atoms with van der Waals surface area (Å²) in [6.45, 7) is 7.26. The number of hydrazine groups is 1. The van der Waals surface area contributed by atoms with Crippen molar-refractivity contribution in [2.24, 2.45) is 5.84 Å². The van der Waals surface area contributed by atoms with Crippen LogP contribution in [-0.2, 0) is 0 Å². The minimum absolute atomic E-state index is 0.417. The minimum atomic E-state index is 0.417. The molecule has 0 aromatic carbocycles. The fourth-order valence-corrected chi connectivity index (χ4v) is 1.37. The first kappa shape index (κ1) is 10.7. The largest absolute Gasteiger partial charge is 0.354 e. The molecule has 5 heteroatoms. The average molecular weight is 195 g/mol. The van der Waals surface area contributed by atoms with Crippen molar-refractivity contribution in [2.75, 3.05) is 16.9 Å². The van der Waals surface area contributed by atoms with E-state index in [9.17, 15) is 0 Å². The SMILES string of the molecule is CCN(c1cc(NN)ncn1)C(C)C. The number of nitrogens with one attached hydrogen (secondary N) is 1. The summed E-state index contributed by atoms with van der Waals surface area (Å²) >= 11 is 0. The van der Waals surface area contributed by atoms with Crippen molar-refractivity contribution in [3.05, 3.63) is 12.4 Å². The third-order valence-corrected chi connectivity index (χ3v) is 2.06. The molecule has 1 aromatic heterocycles. The number of hydrogen-bond acceptors (Lipinski definition) is 5. The van der Waals surface area contributed by atoms with Crippen LogP contribution in [0.25, 0.3) is 0 Å². The highest BCUT2D eigenvalue weighted by atomic mass is 15.3. The molecule has 0 aliphatic rings. The van der Waals surface area contributed by atoms with Crippen LogP contribution >= 0.6 is 0 Å². The van der Waals surface area contributed by atoms with Gasteiger partial charge in [0.05, 0.1) is 0 Å². The lowest BCUT2D eigenvalue weighted by molar-refractivity contribution is 0.692. The fourth-order valence-electron chi connectivity index (χ4n) is 1.37. The molecule has 0 saturated heterocycles. The van der Waals surface area contributed by atoms with Crippen molar-refractivity contribution < 1.29 is 0 Å². The molecular weight excluding hydrogens is 178 g/mol. The molecule has 0 spiro atoms. The predicted octanol–water partition coefficient (Wildman–Crippen LogP) is 0.997. The van der Waals surface area contributed by atoms with Gasteiger partial charge >= 0.3 is 0 Å². The Labute approximate surface area is 84.3 Å². The van der Waals surface area contributed by atoms with Crippen molar-refractivity contribution >= 4 is 11.6 Å². The van der Waals surface area contributed by atoms with E-state index in [1.807, 2.05) is 6.07 Å². The first-order chi connectivity index (χ1) is 6.69. The van der Waals surface area contributed by atoms with Gasteiger partial charge in [0.2, 0.25) is 0 Å². The van der Waals surface area contributed by atoms with Crippen LogP contribution in [0.5, 0.6) is 0 Å². The lowest BCUT2D eigenvalue weighted by Crippen LogP contribution is -2.31. The van der Waals surface area contributed by atoms with Crippen LogP contribution in [0.3, 0.4) is 0 Å². The number of anilines is 2. The molecule has 0 unspecified atom stereocenters. The van der Waals surface area contributed by atoms with Crippen LogP contribution in [0.1, 0.15) is 20.8 Å². The van der Waals surface area contributed by atoms with E-state index in [4.69, 9.17) is 5.84 Å². The van der Waals surface area contributed by atoms with Gasteiger partial charge in [-0.15, -0.1) is 0 Å². The van der Waals surface area contributed by atoms with Gasteiger partial charge in [-0.3, -0.25) is 0 Å². The summed E-state index contributed by atoms with van der Waals surface area (Å²) in [5, 5.41) is 0. The van der Waals surface area contributed by atoms with Crippen molar-refractivity contribution in [3.63, 3.8) is 0 Å². The van der Waals surface area contributed by atoms with Gasteiger partial charge in [0.1, 0.15) is 18.0 Å². The van der Waals surface area contributed by atoms with Gasteiger partial charge in [0.15, 0.2) is 0 Å². The van der Waals surface area contributed by atoms with Gasteiger partial charge in [-0.1, -0.05) is 0 Å². The molecule has 0 aliphatic carbocycles. The van der Waals surface area contributed by atoms with Gasteiger partial charge < -0.3 is 10.3 Å². The standard InChI is InChI=1S/C9H17N5/c1-4-14(7(2)3)9-5-8(13-10)11-6-12-9/h5-7H,4,10H2,1-3H3,(H,11,12,13). The number of aromatic nitrogens is 2. The highest BCUT2D eigenvalue weighted by Gasteiger charge is 2.09. The van der Waals surface area contributed by atoms with Gasteiger partial charge in [-0.05, 0) is 20.8 Å². The molecule has 1 heterocycles. The molecule has 0 aliphatic heterocycles. The van der Waals surface area contributed by atoms with E-state index < -0.39 is 0 Å². The van der Waals surface area contributed by atoms with Crippen LogP contribution in [0.15, 0.2) is 12.4 Å². The van der Waals surface area contributed by atoms with E-state index in [-0.39, 0.29) is 0 Å². The fraction of sp³-hybridized carbons (Fsp3) is 0.556. The molecule has 0 atom stereocenters. The van der Waals surface area contributed by atoms with E-state index in [2.05, 4.69) is 41.1 Å². The van der Waals surface area contributed by atoms with E-state index in [0.29, 0.717) is 11.9 Å².